The van der Waals surface area contributed by atoms with Gasteiger partial charge in [-0.3, -0.25) is 4.79 Å². The van der Waals surface area contributed by atoms with E-state index in [1.165, 1.54) is 0 Å². The highest BCUT2D eigenvalue weighted by Crippen LogP contribution is 2.12. The Morgan fingerprint density at radius 1 is 1.45 bits per heavy atom. The van der Waals surface area contributed by atoms with E-state index in [0.717, 1.165) is 17.4 Å². The van der Waals surface area contributed by atoms with E-state index in [0.29, 0.717) is 0 Å². The Hall–Kier alpha value is -1.11. The lowest BCUT2D eigenvalue weighted by Crippen LogP contribution is -1.93. The Kier molecular flexibility index (Phi) is 4.20. The third-order valence-corrected chi connectivity index (χ3v) is 1.45. The SMILES string of the molecule is C=CC(/C=C(\C)C=O)C(=C)C. The molecule has 11 heavy (non-hydrogen) atoms. The summed E-state index contributed by atoms with van der Waals surface area (Å²) in [4.78, 5) is 10.2. The van der Waals surface area contributed by atoms with Crippen LogP contribution in [-0.4, -0.2) is 6.29 Å². The van der Waals surface area contributed by atoms with Crippen molar-refractivity contribution in [2.45, 2.75) is 13.8 Å². The van der Waals surface area contributed by atoms with Gasteiger partial charge in [0.05, 0.1) is 0 Å². The van der Waals surface area contributed by atoms with Crippen LogP contribution in [0, 0.1) is 5.92 Å². The fourth-order valence-electron chi connectivity index (χ4n) is 0.734. The van der Waals surface area contributed by atoms with E-state index in [2.05, 4.69) is 13.2 Å². The average Bonchev–Trinajstić information content (AvgIpc) is 1.99. The van der Waals surface area contributed by atoms with Gasteiger partial charge in [0.2, 0.25) is 0 Å². The lowest BCUT2D eigenvalue weighted by Gasteiger charge is -2.05. The predicted molar refractivity (Wildman–Crippen MR) is 48.3 cm³/mol. The first-order valence-corrected chi connectivity index (χ1v) is 3.53. The normalized spacial score (nSPS) is 13.8. The van der Waals surface area contributed by atoms with E-state index >= 15 is 0 Å². The third kappa shape index (κ3) is 3.56. The van der Waals surface area contributed by atoms with E-state index < -0.39 is 0 Å². The summed E-state index contributed by atoms with van der Waals surface area (Å²) in [6.07, 6.45) is 4.46. The van der Waals surface area contributed by atoms with E-state index in [9.17, 15) is 4.79 Å². The zero-order valence-corrected chi connectivity index (χ0v) is 7.13. The predicted octanol–water partition coefficient (Wildman–Crippen LogP) is 2.51. The minimum absolute atomic E-state index is 0.125. The second kappa shape index (κ2) is 4.67. The van der Waals surface area contributed by atoms with Crippen molar-refractivity contribution in [3.63, 3.8) is 0 Å². The highest BCUT2D eigenvalue weighted by Gasteiger charge is 1.99. The molecular formula is C10H14O. The first-order valence-electron chi connectivity index (χ1n) is 3.53. The van der Waals surface area contributed by atoms with E-state index in [1.54, 1.807) is 13.0 Å². The molecule has 0 aromatic rings. The molecule has 0 aromatic carbocycles. The molecule has 0 saturated heterocycles. The largest absolute Gasteiger partial charge is 0.298 e. The fraction of sp³-hybridized carbons (Fsp3) is 0.300. The molecular weight excluding hydrogens is 136 g/mol. The first-order chi connectivity index (χ1) is 5.11. The molecule has 0 aliphatic rings. The van der Waals surface area contributed by atoms with Gasteiger partial charge in [-0.1, -0.05) is 24.3 Å². The van der Waals surface area contributed by atoms with Crippen LogP contribution in [0.1, 0.15) is 13.8 Å². The van der Waals surface area contributed by atoms with Crippen molar-refractivity contribution in [2.75, 3.05) is 0 Å². The molecule has 1 heteroatoms. The van der Waals surface area contributed by atoms with Gasteiger partial charge in [0.1, 0.15) is 6.29 Å². The Balaban J connectivity index is 4.41. The monoisotopic (exact) mass is 150 g/mol. The van der Waals surface area contributed by atoms with Crippen LogP contribution in [0.4, 0.5) is 0 Å². The van der Waals surface area contributed by atoms with Crippen LogP contribution in [0.3, 0.4) is 0 Å². The summed E-state index contributed by atoms with van der Waals surface area (Å²) in [7, 11) is 0. The number of carbonyl (C=O) groups excluding carboxylic acids is 1. The molecule has 0 rings (SSSR count). The van der Waals surface area contributed by atoms with Gasteiger partial charge in [-0.2, -0.15) is 0 Å². The molecule has 0 bridgehead atoms. The fourth-order valence-corrected chi connectivity index (χ4v) is 0.734. The average molecular weight is 150 g/mol. The maximum absolute atomic E-state index is 10.2. The van der Waals surface area contributed by atoms with Gasteiger partial charge in [0.15, 0.2) is 0 Å². The van der Waals surface area contributed by atoms with Crippen molar-refractivity contribution in [3.05, 3.63) is 36.5 Å². The lowest BCUT2D eigenvalue weighted by atomic mass is 10.00. The summed E-state index contributed by atoms with van der Waals surface area (Å²) in [6.45, 7) is 11.1. The van der Waals surface area contributed by atoms with Crippen molar-refractivity contribution in [1.82, 2.24) is 0 Å². The number of hydrogen-bond donors (Lipinski definition) is 0. The topological polar surface area (TPSA) is 17.1 Å². The number of carbonyl (C=O) groups is 1. The van der Waals surface area contributed by atoms with Gasteiger partial charge in [-0.25, -0.2) is 0 Å². The van der Waals surface area contributed by atoms with Gasteiger partial charge in [-0.15, -0.1) is 6.58 Å². The second-order valence-electron chi connectivity index (χ2n) is 2.64. The van der Waals surface area contributed by atoms with Gasteiger partial charge in [0.25, 0.3) is 0 Å². The maximum atomic E-state index is 10.2. The molecule has 0 heterocycles. The smallest absolute Gasteiger partial charge is 0.145 e. The summed E-state index contributed by atoms with van der Waals surface area (Å²) in [6, 6.07) is 0. The van der Waals surface area contributed by atoms with Crippen molar-refractivity contribution in [1.29, 1.82) is 0 Å². The minimum atomic E-state index is 0.125. The minimum Gasteiger partial charge on any atom is -0.298 e. The molecule has 0 aliphatic carbocycles. The quantitative estimate of drug-likeness (QED) is 0.342. The molecule has 0 amide bonds. The summed E-state index contributed by atoms with van der Waals surface area (Å²) in [5, 5.41) is 0. The van der Waals surface area contributed by atoms with E-state index in [1.807, 2.05) is 13.0 Å². The highest BCUT2D eigenvalue weighted by atomic mass is 16.1. The highest BCUT2D eigenvalue weighted by molar-refractivity contribution is 5.72. The molecule has 0 spiro atoms. The summed E-state index contributed by atoms with van der Waals surface area (Å²) in [5.74, 6) is 0.125. The van der Waals surface area contributed by atoms with Crippen LogP contribution in [0.2, 0.25) is 0 Å². The molecule has 0 radical (unpaired) electrons. The number of allylic oxidation sites excluding steroid dienone is 4. The van der Waals surface area contributed by atoms with Gasteiger partial charge in [-0.05, 0) is 19.4 Å². The molecule has 0 aromatic heterocycles. The number of rotatable bonds is 4. The summed E-state index contributed by atoms with van der Waals surface area (Å²) >= 11 is 0. The maximum Gasteiger partial charge on any atom is 0.145 e. The van der Waals surface area contributed by atoms with Crippen LogP contribution >= 0.6 is 0 Å². The zero-order valence-electron chi connectivity index (χ0n) is 7.13. The number of hydrogen-bond acceptors (Lipinski definition) is 1. The van der Waals surface area contributed by atoms with E-state index in [4.69, 9.17) is 0 Å². The molecule has 0 aliphatic heterocycles. The molecule has 1 unspecified atom stereocenters. The van der Waals surface area contributed by atoms with Gasteiger partial charge >= 0.3 is 0 Å². The standard InChI is InChI=1S/C10H14O/c1-5-10(8(2)3)6-9(4)7-11/h5-7,10H,1-2H2,3-4H3/b9-6+. The van der Waals surface area contributed by atoms with Crippen LogP contribution in [-0.2, 0) is 4.79 Å². The first kappa shape index (κ1) is 9.89. The number of aldehydes is 1. The molecule has 0 N–H and O–H groups in total. The third-order valence-electron chi connectivity index (χ3n) is 1.45. The molecule has 1 nitrogen and oxygen atoms in total. The van der Waals surface area contributed by atoms with Crippen LogP contribution in [0.5, 0.6) is 0 Å². The summed E-state index contributed by atoms with van der Waals surface area (Å²) < 4.78 is 0. The van der Waals surface area contributed by atoms with Crippen molar-refractivity contribution in [2.24, 2.45) is 5.92 Å². The Morgan fingerprint density at radius 2 is 2.00 bits per heavy atom. The molecule has 0 saturated carbocycles. The Labute approximate surface area is 68.1 Å². The summed E-state index contributed by atoms with van der Waals surface area (Å²) in [5.41, 5.74) is 1.72. The Morgan fingerprint density at radius 3 is 2.27 bits per heavy atom. The van der Waals surface area contributed by atoms with Crippen LogP contribution < -0.4 is 0 Å². The van der Waals surface area contributed by atoms with Crippen molar-refractivity contribution < 1.29 is 4.79 Å². The van der Waals surface area contributed by atoms with Crippen LogP contribution in [0.25, 0.3) is 0 Å². The Bertz CT molecular complexity index is 199. The van der Waals surface area contributed by atoms with Gasteiger partial charge in [0, 0.05) is 5.92 Å². The second-order valence-corrected chi connectivity index (χ2v) is 2.64. The molecule has 0 fully saturated rings. The van der Waals surface area contributed by atoms with Crippen LogP contribution in [0.15, 0.2) is 36.5 Å². The van der Waals surface area contributed by atoms with Crippen molar-refractivity contribution in [3.8, 4) is 0 Å². The zero-order chi connectivity index (χ0) is 8.85. The molecule has 60 valence electrons. The lowest BCUT2D eigenvalue weighted by molar-refractivity contribution is -0.104. The van der Waals surface area contributed by atoms with Crippen molar-refractivity contribution >= 4 is 6.29 Å². The molecule has 1 atom stereocenters. The van der Waals surface area contributed by atoms with E-state index in [-0.39, 0.29) is 5.92 Å². The van der Waals surface area contributed by atoms with Gasteiger partial charge < -0.3 is 0 Å².